The zero-order valence-corrected chi connectivity index (χ0v) is 16.4. The van der Waals surface area contributed by atoms with Gasteiger partial charge >= 0.3 is 6.03 Å². The fourth-order valence-corrected chi connectivity index (χ4v) is 3.96. The van der Waals surface area contributed by atoms with Crippen LogP contribution in [0.3, 0.4) is 0 Å². The Hall–Kier alpha value is -1.79. The lowest BCUT2D eigenvalue weighted by Gasteiger charge is -2.32. The summed E-state index contributed by atoms with van der Waals surface area (Å²) >= 11 is 5.85. The Morgan fingerprint density at radius 3 is 2.15 bits per heavy atom. The van der Waals surface area contributed by atoms with Crippen molar-refractivity contribution in [1.82, 2.24) is 15.5 Å². The van der Waals surface area contributed by atoms with E-state index in [4.69, 9.17) is 11.6 Å². The van der Waals surface area contributed by atoms with Crippen LogP contribution >= 0.6 is 11.6 Å². The van der Waals surface area contributed by atoms with Crippen LogP contribution in [-0.4, -0.2) is 48.6 Å². The van der Waals surface area contributed by atoms with E-state index in [1.165, 1.54) is 19.3 Å². The number of rotatable bonds is 5. The van der Waals surface area contributed by atoms with Crippen LogP contribution in [0.15, 0.2) is 24.3 Å². The molecule has 2 aliphatic rings. The van der Waals surface area contributed by atoms with Crippen LogP contribution in [0.5, 0.6) is 0 Å². The van der Waals surface area contributed by atoms with E-state index in [2.05, 4.69) is 20.9 Å². The van der Waals surface area contributed by atoms with Gasteiger partial charge in [-0.3, -0.25) is 9.69 Å². The van der Waals surface area contributed by atoms with Gasteiger partial charge in [0.25, 0.3) is 0 Å². The predicted octanol–water partition coefficient (Wildman–Crippen LogP) is 3.37. The number of amides is 3. The molecule has 0 aromatic heterocycles. The molecule has 0 bridgehead atoms. The van der Waals surface area contributed by atoms with Gasteiger partial charge in [0.1, 0.15) is 0 Å². The predicted molar refractivity (Wildman–Crippen MR) is 108 cm³/mol. The number of halogens is 1. The number of nitrogens with zero attached hydrogens (tertiary/aromatic N) is 1. The van der Waals surface area contributed by atoms with E-state index in [-0.39, 0.29) is 18.0 Å². The van der Waals surface area contributed by atoms with Gasteiger partial charge < -0.3 is 16.0 Å². The van der Waals surface area contributed by atoms with Crippen molar-refractivity contribution in [2.24, 2.45) is 0 Å². The van der Waals surface area contributed by atoms with Crippen molar-refractivity contribution in [3.05, 3.63) is 29.3 Å². The average molecular weight is 393 g/mol. The van der Waals surface area contributed by atoms with E-state index in [0.717, 1.165) is 44.5 Å². The van der Waals surface area contributed by atoms with E-state index in [0.29, 0.717) is 17.6 Å². The van der Waals surface area contributed by atoms with E-state index in [9.17, 15) is 9.59 Å². The number of carbonyl (C=O) groups is 2. The average Bonchev–Trinajstić information content (AvgIpc) is 2.66. The van der Waals surface area contributed by atoms with E-state index in [1.54, 1.807) is 24.3 Å². The summed E-state index contributed by atoms with van der Waals surface area (Å²) in [6, 6.07) is 7.57. The van der Waals surface area contributed by atoms with Gasteiger partial charge in [-0.1, -0.05) is 30.9 Å². The fourth-order valence-electron chi connectivity index (χ4n) is 3.83. The molecule has 7 heteroatoms. The minimum absolute atomic E-state index is 0.0289. The van der Waals surface area contributed by atoms with Crippen LogP contribution in [0.25, 0.3) is 0 Å². The number of piperidine rings is 1. The maximum absolute atomic E-state index is 12.2. The van der Waals surface area contributed by atoms with Gasteiger partial charge in [0, 0.05) is 35.9 Å². The molecule has 2 fully saturated rings. The number of hydrogen-bond donors (Lipinski definition) is 3. The summed E-state index contributed by atoms with van der Waals surface area (Å²) in [5.74, 6) is -0.0289. The molecule has 0 spiro atoms. The lowest BCUT2D eigenvalue weighted by atomic mass is 9.96. The number of hydrogen-bond acceptors (Lipinski definition) is 3. The zero-order valence-electron chi connectivity index (χ0n) is 15.7. The molecule has 0 atom stereocenters. The molecule has 6 nitrogen and oxygen atoms in total. The molecular weight excluding hydrogens is 364 g/mol. The molecule has 148 valence electrons. The molecule has 0 radical (unpaired) electrons. The van der Waals surface area contributed by atoms with Crippen molar-refractivity contribution in [3.63, 3.8) is 0 Å². The Bertz CT molecular complexity index is 623. The van der Waals surface area contributed by atoms with Crippen LogP contribution in [0.1, 0.15) is 44.9 Å². The smallest absolute Gasteiger partial charge is 0.315 e. The Morgan fingerprint density at radius 1 is 0.926 bits per heavy atom. The maximum Gasteiger partial charge on any atom is 0.315 e. The first kappa shape index (κ1) is 20.0. The summed E-state index contributed by atoms with van der Waals surface area (Å²) in [6.07, 6.45) is 7.62. The highest BCUT2D eigenvalue weighted by atomic mass is 35.5. The second-order valence-electron chi connectivity index (χ2n) is 7.56. The molecule has 1 saturated heterocycles. The lowest BCUT2D eigenvalue weighted by molar-refractivity contribution is -0.117. The number of urea groups is 1. The summed E-state index contributed by atoms with van der Waals surface area (Å²) in [5.41, 5.74) is 0.750. The summed E-state index contributed by atoms with van der Waals surface area (Å²) in [4.78, 5) is 26.5. The van der Waals surface area contributed by atoms with Crippen LogP contribution in [0.2, 0.25) is 5.02 Å². The van der Waals surface area contributed by atoms with Crippen molar-refractivity contribution in [2.45, 2.75) is 57.0 Å². The quantitative estimate of drug-likeness (QED) is 0.719. The van der Waals surface area contributed by atoms with Gasteiger partial charge in [-0.25, -0.2) is 4.79 Å². The van der Waals surface area contributed by atoms with Crippen LogP contribution < -0.4 is 16.0 Å². The van der Waals surface area contributed by atoms with Crippen LogP contribution in [-0.2, 0) is 4.79 Å². The molecule has 1 aliphatic heterocycles. The third-order valence-electron chi connectivity index (χ3n) is 5.36. The van der Waals surface area contributed by atoms with Crippen molar-refractivity contribution >= 4 is 29.2 Å². The number of benzene rings is 1. The SMILES string of the molecule is O=C(CN1CCC(NC(=O)NC2CCCCC2)CC1)Nc1ccc(Cl)cc1. The van der Waals surface area contributed by atoms with Crippen molar-refractivity contribution in [3.8, 4) is 0 Å². The molecule has 1 aliphatic carbocycles. The topological polar surface area (TPSA) is 73.5 Å². The molecule has 1 heterocycles. The monoisotopic (exact) mass is 392 g/mol. The highest BCUT2D eigenvalue weighted by Gasteiger charge is 2.23. The Kier molecular flexibility index (Phi) is 7.35. The number of anilines is 1. The van der Waals surface area contributed by atoms with Crippen LogP contribution in [0, 0.1) is 0 Å². The van der Waals surface area contributed by atoms with Gasteiger partial charge in [-0.05, 0) is 49.9 Å². The maximum atomic E-state index is 12.2. The highest BCUT2D eigenvalue weighted by molar-refractivity contribution is 6.30. The minimum atomic E-state index is -0.0409. The molecule has 3 rings (SSSR count). The second-order valence-corrected chi connectivity index (χ2v) is 7.99. The van der Waals surface area contributed by atoms with Crippen molar-refractivity contribution in [1.29, 1.82) is 0 Å². The molecular formula is C20H29ClN4O2. The molecule has 27 heavy (non-hydrogen) atoms. The van der Waals surface area contributed by atoms with Gasteiger partial charge in [0.2, 0.25) is 5.91 Å². The Morgan fingerprint density at radius 2 is 1.52 bits per heavy atom. The first-order valence-corrected chi connectivity index (χ1v) is 10.3. The first-order valence-electron chi connectivity index (χ1n) is 9.93. The largest absolute Gasteiger partial charge is 0.335 e. The van der Waals surface area contributed by atoms with Gasteiger partial charge in [-0.15, -0.1) is 0 Å². The summed E-state index contributed by atoms with van der Waals surface area (Å²) < 4.78 is 0. The number of likely N-dealkylation sites (tertiary alicyclic amines) is 1. The number of nitrogens with one attached hydrogen (secondary N) is 3. The summed E-state index contributed by atoms with van der Waals surface area (Å²) in [7, 11) is 0. The van der Waals surface area contributed by atoms with Gasteiger partial charge in [0.15, 0.2) is 0 Å². The lowest BCUT2D eigenvalue weighted by Crippen LogP contribution is -2.51. The van der Waals surface area contributed by atoms with Gasteiger partial charge in [0.05, 0.1) is 6.54 Å². The molecule has 3 N–H and O–H groups in total. The summed E-state index contributed by atoms with van der Waals surface area (Å²) in [6.45, 7) is 1.98. The fraction of sp³-hybridized carbons (Fsp3) is 0.600. The first-order chi connectivity index (χ1) is 13.1. The number of carbonyl (C=O) groups excluding carboxylic acids is 2. The van der Waals surface area contributed by atoms with Crippen molar-refractivity contribution in [2.75, 3.05) is 25.0 Å². The van der Waals surface area contributed by atoms with Crippen molar-refractivity contribution < 1.29 is 9.59 Å². The van der Waals surface area contributed by atoms with E-state index in [1.807, 2.05) is 0 Å². The summed E-state index contributed by atoms with van der Waals surface area (Å²) in [5, 5.41) is 9.73. The molecule has 1 aromatic rings. The van der Waals surface area contributed by atoms with E-state index >= 15 is 0 Å². The molecule has 1 saturated carbocycles. The highest BCUT2D eigenvalue weighted by Crippen LogP contribution is 2.18. The Balaban J connectivity index is 1.34. The standard InChI is InChI=1S/C20H29ClN4O2/c21-15-6-8-17(9-7-15)22-19(26)14-25-12-10-18(11-13-25)24-20(27)23-16-4-2-1-3-5-16/h6-9,16,18H,1-5,10-14H2,(H,22,26)(H2,23,24,27). The molecule has 0 unspecified atom stereocenters. The molecule has 1 aromatic carbocycles. The third kappa shape index (κ3) is 6.70. The van der Waals surface area contributed by atoms with Crippen LogP contribution in [0.4, 0.5) is 10.5 Å². The van der Waals surface area contributed by atoms with Gasteiger partial charge in [-0.2, -0.15) is 0 Å². The zero-order chi connectivity index (χ0) is 19.1. The Labute approximate surface area is 166 Å². The van der Waals surface area contributed by atoms with E-state index < -0.39 is 0 Å². The molecule has 3 amide bonds. The second kappa shape index (κ2) is 9.95. The minimum Gasteiger partial charge on any atom is -0.335 e. The third-order valence-corrected chi connectivity index (χ3v) is 5.61. The normalized spacial score (nSPS) is 19.4.